The molecule has 0 atom stereocenters. The number of anilines is 1. The van der Waals surface area contributed by atoms with E-state index in [0.717, 1.165) is 5.56 Å². The maximum Gasteiger partial charge on any atom is 0.263 e. The average Bonchev–Trinajstić information content (AvgIpc) is 2.57. The normalized spacial score (nSPS) is 10.8. The predicted molar refractivity (Wildman–Crippen MR) is 87.1 cm³/mol. The molecule has 0 aliphatic rings. The Labute approximate surface area is 127 Å². The highest BCUT2D eigenvalue weighted by Crippen LogP contribution is 2.12. The molecule has 0 aliphatic heterocycles. The highest BCUT2D eigenvalue weighted by atomic mass is 16.3. The van der Waals surface area contributed by atoms with Crippen molar-refractivity contribution in [2.75, 3.05) is 18.5 Å². The lowest BCUT2D eigenvalue weighted by molar-refractivity contribution is 0.310. The first-order chi connectivity index (χ1) is 10.8. The summed E-state index contributed by atoms with van der Waals surface area (Å²) in [5.41, 5.74) is 1.58. The van der Waals surface area contributed by atoms with Crippen molar-refractivity contribution in [3.8, 4) is 0 Å². The first kappa shape index (κ1) is 14.3. The molecule has 0 unspecified atom stereocenters. The van der Waals surface area contributed by atoms with Crippen LogP contribution in [0.25, 0.3) is 10.9 Å². The topological polar surface area (TPSA) is 67.2 Å². The number of nitrogens with one attached hydrogen (secondary N) is 1. The molecule has 22 heavy (non-hydrogen) atoms. The molecule has 1 aromatic heterocycles. The van der Waals surface area contributed by atoms with Gasteiger partial charge in [0.05, 0.1) is 24.1 Å². The molecule has 5 nitrogen and oxygen atoms in total. The van der Waals surface area contributed by atoms with Gasteiger partial charge < -0.3 is 10.4 Å². The first-order valence-electron chi connectivity index (χ1n) is 7.18. The number of fused-ring (bicyclic) bond motifs is 1. The quantitative estimate of drug-likeness (QED) is 0.754. The Morgan fingerprint density at radius 2 is 1.77 bits per heavy atom. The largest absolute Gasteiger partial charge is 0.395 e. The van der Waals surface area contributed by atoms with Crippen molar-refractivity contribution in [3.05, 3.63) is 70.5 Å². The molecular weight excluding hydrogens is 278 g/mol. The summed E-state index contributed by atoms with van der Waals surface area (Å²) in [6.07, 6.45) is 0. The summed E-state index contributed by atoms with van der Waals surface area (Å²) in [5, 5.41) is 12.6. The molecule has 3 rings (SSSR count). The minimum Gasteiger partial charge on any atom is -0.395 e. The molecule has 112 valence electrons. The highest BCUT2D eigenvalue weighted by Gasteiger charge is 2.10. The van der Waals surface area contributed by atoms with Gasteiger partial charge in [0.1, 0.15) is 0 Å². The van der Waals surface area contributed by atoms with Crippen LogP contribution in [-0.2, 0) is 6.54 Å². The molecule has 0 saturated heterocycles. The lowest BCUT2D eigenvalue weighted by atomic mass is 10.2. The highest BCUT2D eigenvalue weighted by molar-refractivity contribution is 5.78. The standard InChI is InChI=1S/C17H17N3O2/c21-11-10-18-17-19-15-9-5-4-8-14(15)16(22)20(17)12-13-6-2-1-3-7-13/h1-9,21H,10-12H2,(H,18,19). The van der Waals surface area contributed by atoms with Crippen molar-refractivity contribution in [3.63, 3.8) is 0 Å². The van der Waals surface area contributed by atoms with E-state index in [0.29, 0.717) is 29.9 Å². The smallest absolute Gasteiger partial charge is 0.263 e. The predicted octanol–water partition coefficient (Wildman–Crippen LogP) is 1.85. The second-order valence-electron chi connectivity index (χ2n) is 4.98. The molecule has 2 aromatic carbocycles. The Bertz CT molecular complexity index is 828. The Morgan fingerprint density at radius 3 is 2.55 bits per heavy atom. The maximum absolute atomic E-state index is 12.7. The van der Waals surface area contributed by atoms with Crippen LogP contribution in [0.3, 0.4) is 0 Å². The van der Waals surface area contributed by atoms with E-state index >= 15 is 0 Å². The minimum atomic E-state index is -0.0881. The van der Waals surface area contributed by atoms with Gasteiger partial charge in [-0.3, -0.25) is 9.36 Å². The van der Waals surface area contributed by atoms with Crippen molar-refractivity contribution < 1.29 is 5.11 Å². The van der Waals surface area contributed by atoms with Crippen LogP contribution in [0, 0.1) is 0 Å². The number of hydrogen-bond acceptors (Lipinski definition) is 4. The van der Waals surface area contributed by atoms with Crippen LogP contribution in [0.5, 0.6) is 0 Å². The van der Waals surface area contributed by atoms with Gasteiger partial charge in [0, 0.05) is 6.54 Å². The Morgan fingerprint density at radius 1 is 1.05 bits per heavy atom. The van der Waals surface area contributed by atoms with Crippen molar-refractivity contribution in [1.29, 1.82) is 0 Å². The van der Waals surface area contributed by atoms with E-state index in [1.54, 1.807) is 10.6 Å². The van der Waals surface area contributed by atoms with Crippen LogP contribution in [0.4, 0.5) is 5.95 Å². The second-order valence-corrected chi connectivity index (χ2v) is 4.98. The van der Waals surface area contributed by atoms with Gasteiger partial charge >= 0.3 is 0 Å². The molecule has 2 N–H and O–H groups in total. The van der Waals surface area contributed by atoms with Gasteiger partial charge in [-0.2, -0.15) is 0 Å². The van der Waals surface area contributed by atoms with Gasteiger partial charge in [0.2, 0.25) is 5.95 Å². The van der Waals surface area contributed by atoms with E-state index in [1.165, 1.54) is 0 Å². The van der Waals surface area contributed by atoms with Crippen molar-refractivity contribution >= 4 is 16.9 Å². The number of benzene rings is 2. The molecule has 0 bridgehead atoms. The number of rotatable bonds is 5. The van der Waals surface area contributed by atoms with Crippen LogP contribution in [0.15, 0.2) is 59.4 Å². The van der Waals surface area contributed by atoms with E-state index in [9.17, 15) is 4.79 Å². The summed E-state index contributed by atoms with van der Waals surface area (Å²) in [7, 11) is 0. The molecule has 0 spiro atoms. The zero-order valence-electron chi connectivity index (χ0n) is 12.1. The van der Waals surface area contributed by atoms with Gasteiger partial charge in [-0.15, -0.1) is 0 Å². The third-order valence-electron chi connectivity index (χ3n) is 3.44. The van der Waals surface area contributed by atoms with Gasteiger partial charge in [-0.25, -0.2) is 4.98 Å². The molecule has 0 fully saturated rings. The number of aliphatic hydroxyl groups excluding tert-OH is 1. The Hall–Kier alpha value is -2.66. The summed E-state index contributed by atoms with van der Waals surface area (Å²) in [4.78, 5) is 17.2. The van der Waals surface area contributed by atoms with E-state index in [1.807, 2.05) is 48.5 Å². The molecular formula is C17H17N3O2. The van der Waals surface area contributed by atoms with Gasteiger partial charge in [0.15, 0.2) is 0 Å². The fourth-order valence-corrected chi connectivity index (χ4v) is 2.38. The Balaban J connectivity index is 2.12. The number of aromatic nitrogens is 2. The lowest BCUT2D eigenvalue weighted by Crippen LogP contribution is -2.26. The number of aliphatic hydroxyl groups is 1. The molecule has 5 heteroatoms. The molecule has 0 saturated carbocycles. The van der Waals surface area contributed by atoms with E-state index in [4.69, 9.17) is 5.11 Å². The van der Waals surface area contributed by atoms with Crippen molar-refractivity contribution in [2.24, 2.45) is 0 Å². The van der Waals surface area contributed by atoms with Crippen LogP contribution >= 0.6 is 0 Å². The third kappa shape index (κ3) is 2.84. The molecule has 3 aromatic rings. The zero-order chi connectivity index (χ0) is 15.4. The molecule has 0 radical (unpaired) electrons. The molecule has 0 amide bonds. The summed E-state index contributed by atoms with van der Waals surface area (Å²) in [5.74, 6) is 0.474. The summed E-state index contributed by atoms with van der Waals surface area (Å²) in [6.45, 7) is 0.763. The Kier molecular flexibility index (Phi) is 4.16. The SMILES string of the molecule is O=c1c2ccccc2nc(NCCO)n1Cc1ccccc1. The van der Waals surface area contributed by atoms with Gasteiger partial charge in [0.25, 0.3) is 5.56 Å². The number of hydrogen-bond donors (Lipinski definition) is 2. The molecule has 0 aliphatic carbocycles. The van der Waals surface area contributed by atoms with Crippen molar-refractivity contribution in [2.45, 2.75) is 6.54 Å². The van der Waals surface area contributed by atoms with E-state index < -0.39 is 0 Å². The number of nitrogens with zero attached hydrogens (tertiary/aromatic N) is 2. The first-order valence-corrected chi connectivity index (χ1v) is 7.18. The van der Waals surface area contributed by atoms with E-state index in [2.05, 4.69) is 10.3 Å². The summed E-state index contributed by atoms with van der Waals surface area (Å²) in [6, 6.07) is 17.0. The fraction of sp³-hybridized carbons (Fsp3) is 0.176. The minimum absolute atomic E-state index is 0.0198. The maximum atomic E-state index is 12.7. The van der Waals surface area contributed by atoms with Gasteiger partial charge in [-0.1, -0.05) is 42.5 Å². The van der Waals surface area contributed by atoms with Crippen LogP contribution < -0.4 is 10.9 Å². The van der Waals surface area contributed by atoms with Gasteiger partial charge in [-0.05, 0) is 17.7 Å². The summed E-state index contributed by atoms with van der Waals surface area (Å²) >= 11 is 0. The molecule has 1 heterocycles. The number of para-hydroxylation sites is 1. The van der Waals surface area contributed by atoms with E-state index in [-0.39, 0.29) is 12.2 Å². The fourth-order valence-electron chi connectivity index (χ4n) is 2.38. The van der Waals surface area contributed by atoms with Crippen LogP contribution in [0.2, 0.25) is 0 Å². The summed E-state index contributed by atoms with van der Waals surface area (Å²) < 4.78 is 1.60. The van der Waals surface area contributed by atoms with Crippen LogP contribution in [0.1, 0.15) is 5.56 Å². The second kappa shape index (κ2) is 6.41. The van der Waals surface area contributed by atoms with Crippen molar-refractivity contribution in [1.82, 2.24) is 9.55 Å². The monoisotopic (exact) mass is 295 g/mol. The average molecular weight is 295 g/mol. The lowest BCUT2D eigenvalue weighted by Gasteiger charge is -2.14. The van der Waals surface area contributed by atoms with Crippen LogP contribution in [-0.4, -0.2) is 27.8 Å². The zero-order valence-corrected chi connectivity index (χ0v) is 12.1. The third-order valence-corrected chi connectivity index (χ3v) is 3.44.